The molecular formula is C28H31N3O2S3. The summed E-state index contributed by atoms with van der Waals surface area (Å²) in [5.74, 6) is 1.84. The summed E-state index contributed by atoms with van der Waals surface area (Å²) in [7, 11) is 1.67. The van der Waals surface area contributed by atoms with E-state index >= 15 is 0 Å². The first kappa shape index (κ1) is 25.3. The number of para-hydroxylation sites is 1. The number of thiophene rings is 1. The molecule has 0 aliphatic carbocycles. The quantitative estimate of drug-likeness (QED) is 0.170. The summed E-state index contributed by atoms with van der Waals surface area (Å²) in [4.78, 5) is 23.0. The number of hydrogen-bond acceptors (Lipinski definition) is 7. The van der Waals surface area contributed by atoms with Crippen LogP contribution in [0, 0.1) is 0 Å². The van der Waals surface area contributed by atoms with E-state index in [0.717, 1.165) is 71.5 Å². The number of nitrogens with one attached hydrogen (secondary N) is 1. The number of fused-ring (bicyclic) bond motifs is 2. The second-order valence-corrected chi connectivity index (χ2v) is 12.2. The molecule has 0 atom stereocenters. The zero-order valence-corrected chi connectivity index (χ0v) is 23.2. The van der Waals surface area contributed by atoms with Crippen molar-refractivity contribution in [3.05, 3.63) is 59.0 Å². The Labute approximate surface area is 224 Å². The van der Waals surface area contributed by atoms with Crippen molar-refractivity contribution in [2.24, 2.45) is 0 Å². The first-order valence-corrected chi connectivity index (χ1v) is 15.1. The van der Waals surface area contributed by atoms with Crippen molar-refractivity contribution >= 4 is 55.6 Å². The second-order valence-electron chi connectivity index (χ2n) is 8.90. The fraction of sp³-hybridized carbons (Fsp3) is 0.357. The van der Waals surface area contributed by atoms with E-state index in [-0.39, 0.29) is 5.91 Å². The Bertz CT molecular complexity index is 1300. The van der Waals surface area contributed by atoms with Gasteiger partial charge in [-0.25, -0.2) is 4.98 Å². The van der Waals surface area contributed by atoms with Gasteiger partial charge in [0.25, 0.3) is 0 Å². The normalized spacial score (nSPS) is 13.6. The molecule has 0 bridgehead atoms. The lowest BCUT2D eigenvalue weighted by atomic mass is 10.0. The number of carbonyl (C=O) groups is 1. The molecule has 188 valence electrons. The van der Waals surface area contributed by atoms with Crippen LogP contribution in [0.4, 0.5) is 5.00 Å². The molecule has 0 spiro atoms. The smallest absolute Gasteiger partial charge is 0.225 e. The number of ether oxygens (including phenoxy) is 1. The van der Waals surface area contributed by atoms with Crippen LogP contribution in [-0.4, -0.2) is 41.7 Å². The molecule has 2 aromatic carbocycles. The minimum absolute atomic E-state index is 0.0803. The Morgan fingerprint density at radius 1 is 1.17 bits per heavy atom. The minimum atomic E-state index is 0.0803. The largest absolute Gasteiger partial charge is 0.497 e. The highest BCUT2D eigenvalue weighted by Gasteiger charge is 2.27. The predicted octanol–water partition coefficient (Wildman–Crippen LogP) is 7.31. The highest BCUT2D eigenvalue weighted by molar-refractivity contribution is 7.99. The number of anilines is 1. The molecule has 0 saturated carbocycles. The SMILES string of the molecule is CCCN1CCc2c(sc(NC(=O)CCCSc3ccc(OC)cc3)c2-c2nc3ccccc3s2)C1. The van der Waals surface area contributed by atoms with Gasteiger partial charge in [-0.1, -0.05) is 19.1 Å². The lowest BCUT2D eigenvalue weighted by Gasteiger charge is -2.26. The monoisotopic (exact) mass is 537 g/mol. The number of methoxy groups -OCH3 is 1. The third-order valence-electron chi connectivity index (χ3n) is 6.31. The maximum Gasteiger partial charge on any atom is 0.225 e. The number of nitrogens with zero attached hydrogens (tertiary/aromatic N) is 2. The average Bonchev–Trinajstić information content (AvgIpc) is 3.47. The second kappa shape index (κ2) is 11.8. The van der Waals surface area contributed by atoms with E-state index < -0.39 is 0 Å². The summed E-state index contributed by atoms with van der Waals surface area (Å²) in [5.41, 5.74) is 3.54. The van der Waals surface area contributed by atoms with Gasteiger partial charge in [-0.15, -0.1) is 34.4 Å². The van der Waals surface area contributed by atoms with E-state index in [0.29, 0.717) is 6.42 Å². The molecule has 2 aromatic heterocycles. The third-order valence-corrected chi connectivity index (χ3v) is 9.60. The summed E-state index contributed by atoms with van der Waals surface area (Å²) < 4.78 is 6.41. The number of carbonyl (C=O) groups excluding carboxylic acids is 1. The van der Waals surface area contributed by atoms with Gasteiger partial charge in [0.15, 0.2) is 0 Å². The summed E-state index contributed by atoms with van der Waals surface area (Å²) in [6.45, 7) is 5.36. The Morgan fingerprint density at radius 3 is 2.78 bits per heavy atom. The highest BCUT2D eigenvalue weighted by atomic mass is 32.2. The van der Waals surface area contributed by atoms with Gasteiger partial charge in [0, 0.05) is 34.8 Å². The summed E-state index contributed by atoms with van der Waals surface area (Å²) >= 11 is 5.23. The van der Waals surface area contributed by atoms with Gasteiger partial charge in [0.05, 0.1) is 17.3 Å². The van der Waals surface area contributed by atoms with Crippen LogP contribution >= 0.6 is 34.4 Å². The van der Waals surface area contributed by atoms with Crippen molar-refractivity contribution < 1.29 is 9.53 Å². The van der Waals surface area contributed by atoms with Crippen LogP contribution in [0.1, 0.15) is 36.6 Å². The molecule has 3 heterocycles. The average molecular weight is 538 g/mol. The van der Waals surface area contributed by atoms with Crippen molar-refractivity contribution in [1.82, 2.24) is 9.88 Å². The summed E-state index contributed by atoms with van der Waals surface area (Å²) in [6.07, 6.45) is 3.50. The zero-order valence-electron chi connectivity index (χ0n) is 20.7. The van der Waals surface area contributed by atoms with Crippen molar-refractivity contribution in [1.29, 1.82) is 0 Å². The molecule has 0 radical (unpaired) electrons. The van der Waals surface area contributed by atoms with E-state index in [1.54, 1.807) is 41.5 Å². The molecule has 1 N–H and O–H groups in total. The minimum Gasteiger partial charge on any atom is -0.497 e. The Balaban J connectivity index is 1.29. The predicted molar refractivity (Wildman–Crippen MR) is 154 cm³/mol. The lowest BCUT2D eigenvalue weighted by molar-refractivity contribution is -0.116. The standard InChI is InChI=1S/C28H31N3O2S3/c1-3-15-31-16-14-21-24(18-31)36-28(26(21)27-29-22-7-4-5-8-23(22)35-27)30-25(32)9-6-17-34-20-12-10-19(33-2)11-13-20/h4-5,7-8,10-13H,3,6,9,14-18H2,1-2H3,(H,30,32). The van der Waals surface area contributed by atoms with Gasteiger partial charge in [0.1, 0.15) is 15.8 Å². The van der Waals surface area contributed by atoms with Crippen LogP contribution < -0.4 is 10.1 Å². The molecule has 0 fully saturated rings. The van der Waals surface area contributed by atoms with Gasteiger partial charge < -0.3 is 10.1 Å². The molecule has 5 rings (SSSR count). The maximum atomic E-state index is 13.0. The molecule has 4 aromatic rings. The fourth-order valence-electron chi connectivity index (χ4n) is 4.54. The molecule has 8 heteroatoms. The maximum absolute atomic E-state index is 13.0. The molecule has 0 unspecified atom stereocenters. The van der Waals surface area contributed by atoms with Crippen molar-refractivity contribution in [3.8, 4) is 16.3 Å². The number of hydrogen-bond donors (Lipinski definition) is 1. The number of benzene rings is 2. The molecule has 1 aliphatic heterocycles. The number of rotatable bonds is 10. The van der Waals surface area contributed by atoms with Crippen molar-refractivity contribution in [2.45, 2.75) is 44.0 Å². The summed E-state index contributed by atoms with van der Waals surface area (Å²) in [5, 5.41) is 5.25. The van der Waals surface area contributed by atoms with Crippen molar-refractivity contribution in [3.63, 3.8) is 0 Å². The lowest BCUT2D eigenvalue weighted by Crippen LogP contribution is -2.30. The van der Waals surface area contributed by atoms with E-state index in [1.807, 2.05) is 18.2 Å². The van der Waals surface area contributed by atoms with Gasteiger partial charge >= 0.3 is 0 Å². The highest BCUT2D eigenvalue weighted by Crippen LogP contribution is 2.45. The Hall–Kier alpha value is -2.39. The third kappa shape index (κ3) is 5.78. The Morgan fingerprint density at radius 2 is 2.00 bits per heavy atom. The van der Waals surface area contributed by atoms with E-state index in [2.05, 4.69) is 47.5 Å². The molecule has 0 saturated heterocycles. The van der Waals surface area contributed by atoms with Gasteiger partial charge in [-0.3, -0.25) is 9.69 Å². The van der Waals surface area contributed by atoms with Gasteiger partial charge in [-0.05, 0) is 73.5 Å². The van der Waals surface area contributed by atoms with Crippen LogP contribution in [0.2, 0.25) is 0 Å². The van der Waals surface area contributed by atoms with Gasteiger partial charge in [0.2, 0.25) is 5.91 Å². The molecule has 5 nitrogen and oxygen atoms in total. The van der Waals surface area contributed by atoms with E-state index in [4.69, 9.17) is 9.72 Å². The van der Waals surface area contributed by atoms with E-state index in [9.17, 15) is 4.79 Å². The molecule has 1 aliphatic rings. The first-order chi connectivity index (χ1) is 17.6. The van der Waals surface area contributed by atoms with Crippen LogP contribution in [-0.2, 0) is 17.8 Å². The van der Waals surface area contributed by atoms with Gasteiger partial charge in [-0.2, -0.15) is 0 Å². The molecule has 1 amide bonds. The topological polar surface area (TPSA) is 54.5 Å². The van der Waals surface area contributed by atoms with Crippen LogP contribution in [0.15, 0.2) is 53.4 Å². The number of amides is 1. The van der Waals surface area contributed by atoms with Crippen molar-refractivity contribution in [2.75, 3.05) is 31.3 Å². The molecular weight excluding hydrogens is 507 g/mol. The van der Waals surface area contributed by atoms with E-state index in [1.165, 1.54) is 20.0 Å². The van der Waals surface area contributed by atoms with Crippen LogP contribution in [0.3, 0.4) is 0 Å². The molecule has 36 heavy (non-hydrogen) atoms. The zero-order chi connectivity index (χ0) is 24.9. The fourth-order valence-corrected chi connectivity index (χ4v) is 7.81. The number of thiazole rings is 1. The Kier molecular flexibility index (Phi) is 8.26. The number of thioether (sulfide) groups is 1. The van der Waals surface area contributed by atoms with Crippen LogP contribution in [0.5, 0.6) is 5.75 Å². The first-order valence-electron chi connectivity index (χ1n) is 12.4. The number of aromatic nitrogens is 1. The van der Waals surface area contributed by atoms with Crippen LogP contribution in [0.25, 0.3) is 20.8 Å². The summed E-state index contributed by atoms with van der Waals surface area (Å²) in [6, 6.07) is 16.3.